The number of nitrogens with one attached hydrogen (secondary N) is 1. The van der Waals surface area contributed by atoms with Gasteiger partial charge in [0.05, 0.1) is 23.7 Å². The smallest absolute Gasteiger partial charge is 0.341 e. The summed E-state index contributed by atoms with van der Waals surface area (Å²) in [5, 5.41) is 3.24. The summed E-state index contributed by atoms with van der Waals surface area (Å²) in [6.45, 7) is 4.55. The molecule has 1 aromatic heterocycles. The van der Waals surface area contributed by atoms with Crippen LogP contribution in [-0.2, 0) is 31.5 Å². The first-order chi connectivity index (χ1) is 15.3. The number of fused-ring (bicyclic) bond motifs is 1. The quantitative estimate of drug-likeness (QED) is 0.658. The van der Waals surface area contributed by atoms with Crippen molar-refractivity contribution in [2.45, 2.75) is 44.8 Å². The Hall–Kier alpha value is -2.14. The van der Waals surface area contributed by atoms with Crippen molar-refractivity contribution < 1.29 is 27.5 Å². The Labute approximate surface area is 192 Å². The van der Waals surface area contributed by atoms with Gasteiger partial charge in [0.2, 0.25) is 5.91 Å². The number of rotatable bonds is 4. The van der Waals surface area contributed by atoms with E-state index in [0.717, 1.165) is 37.3 Å². The van der Waals surface area contributed by atoms with Gasteiger partial charge in [-0.3, -0.25) is 4.79 Å². The Morgan fingerprint density at radius 1 is 1.09 bits per heavy atom. The number of amides is 3. The largest absolute Gasteiger partial charge is 0.462 e. The summed E-state index contributed by atoms with van der Waals surface area (Å²) in [5.74, 6) is -1.14. The molecular weight excluding hydrogens is 454 g/mol. The molecule has 0 unspecified atom stereocenters. The number of hydrogen-bond donors (Lipinski definition) is 1. The number of piperidine rings is 1. The summed E-state index contributed by atoms with van der Waals surface area (Å²) < 4.78 is 29.3. The van der Waals surface area contributed by atoms with E-state index >= 15 is 0 Å². The van der Waals surface area contributed by atoms with Crippen molar-refractivity contribution in [2.75, 3.05) is 43.9 Å². The molecule has 2 fully saturated rings. The van der Waals surface area contributed by atoms with E-state index < -0.39 is 15.8 Å². The second kappa shape index (κ2) is 9.38. The summed E-state index contributed by atoms with van der Waals surface area (Å²) in [4.78, 5) is 42.4. The molecule has 0 radical (unpaired) electrons. The van der Waals surface area contributed by atoms with Crippen molar-refractivity contribution in [2.24, 2.45) is 5.92 Å². The van der Waals surface area contributed by atoms with E-state index in [4.69, 9.17) is 4.74 Å². The fourth-order valence-corrected chi connectivity index (χ4v) is 7.63. The average Bonchev–Trinajstić information content (AvgIpc) is 3.40. The Morgan fingerprint density at radius 2 is 1.75 bits per heavy atom. The molecule has 1 aromatic rings. The minimum atomic E-state index is -3.20. The molecule has 4 heterocycles. The van der Waals surface area contributed by atoms with Crippen LogP contribution < -0.4 is 5.32 Å². The van der Waals surface area contributed by atoms with Gasteiger partial charge in [0.1, 0.15) is 5.00 Å². The van der Waals surface area contributed by atoms with Crippen LogP contribution in [0.1, 0.15) is 53.4 Å². The Kier molecular flexibility index (Phi) is 6.75. The van der Waals surface area contributed by atoms with Crippen molar-refractivity contribution >= 4 is 44.1 Å². The maximum Gasteiger partial charge on any atom is 0.341 e. The molecule has 3 aliphatic rings. The second-order valence-electron chi connectivity index (χ2n) is 8.50. The molecule has 11 heteroatoms. The molecule has 4 rings (SSSR count). The fourth-order valence-electron chi connectivity index (χ4n) is 4.59. The number of carbonyl (C=O) groups excluding carboxylic acids is 3. The van der Waals surface area contributed by atoms with Crippen LogP contribution in [0.2, 0.25) is 0 Å². The number of urea groups is 1. The van der Waals surface area contributed by atoms with E-state index in [-0.39, 0.29) is 48.0 Å². The summed E-state index contributed by atoms with van der Waals surface area (Å²) in [5.41, 5.74) is 0.960. The van der Waals surface area contributed by atoms with E-state index in [0.29, 0.717) is 41.4 Å². The third kappa shape index (κ3) is 4.78. The topological polar surface area (TPSA) is 113 Å². The lowest BCUT2D eigenvalue weighted by Gasteiger charge is -2.34. The van der Waals surface area contributed by atoms with Gasteiger partial charge >= 0.3 is 12.0 Å². The van der Waals surface area contributed by atoms with Crippen LogP contribution >= 0.6 is 11.3 Å². The molecule has 9 nitrogen and oxygen atoms in total. The van der Waals surface area contributed by atoms with Gasteiger partial charge in [0.15, 0.2) is 9.84 Å². The van der Waals surface area contributed by atoms with Gasteiger partial charge < -0.3 is 19.9 Å². The van der Waals surface area contributed by atoms with Crippen LogP contribution in [0.15, 0.2) is 0 Å². The first-order valence-corrected chi connectivity index (χ1v) is 13.8. The zero-order valence-corrected chi connectivity index (χ0v) is 19.9. The number of anilines is 1. The number of sulfone groups is 1. The molecule has 176 valence electrons. The number of likely N-dealkylation sites (tertiary alicyclic amines) is 2. The lowest BCUT2D eigenvalue weighted by Crippen LogP contribution is -2.47. The van der Waals surface area contributed by atoms with Gasteiger partial charge in [-0.05, 0) is 44.6 Å². The van der Waals surface area contributed by atoms with E-state index in [2.05, 4.69) is 5.32 Å². The van der Waals surface area contributed by atoms with Crippen LogP contribution in [0.4, 0.5) is 9.80 Å². The predicted molar refractivity (Wildman–Crippen MR) is 121 cm³/mol. The number of thiophene rings is 1. The Balaban J connectivity index is 1.44. The summed E-state index contributed by atoms with van der Waals surface area (Å²) in [7, 11) is -3.20. The highest BCUT2D eigenvalue weighted by atomic mass is 32.2. The first-order valence-electron chi connectivity index (χ1n) is 11.2. The molecule has 0 saturated carbocycles. The van der Waals surface area contributed by atoms with Crippen LogP contribution in [0.25, 0.3) is 0 Å². The lowest BCUT2D eigenvalue weighted by molar-refractivity contribution is -0.121. The summed E-state index contributed by atoms with van der Waals surface area (Å²) in [6, 6.07) is 0.0538. The maximum absolute atomic E-state index is 13.0. The highest BCUT2D eigenvalue weighted by Gasteiger charge is 2.34. The molecule has 0 aliphatic carbocycles. The van der Waals surface area contributed by atoms with Crippen molar-refractivity contribution in [1.29, 1.82) is 0 Å². The van der Waals surface area contributed by atoms with Gasteiger partial charge in [-0.15, -0.1) is 11.3 Å². The van der Waals surface area contributed by atoms with Crippen molar-refractivity contribution in [1.82, 2.24) is 9.80 Å². The molecule has 0 aromatic carbocycles. The Bertz CT molecular complexity index is 1000. The van der Waals surface area contributed by atoms with Gasteiger partial charge in [0.25, 0.3) is 0 Å². The molecule has 0 spiro atoms. The Morgan fingerprint density at radius 3 is 2.41 bits per heavy atom. The van der Waals surface area contributed by atoms with Gasteiger partial charge in [-0.25, -0.2) is 18.0 Å². The highest BCUT2D eigenvalue weighted by Crippen LogP contribution is 2.39. The van der Waals surface area contributed by atoms with Crippen molar-refractivity contribution in [3.05, 3.63) is 16.0 Å². The summed E-state index contributed by atoms with van der Waals surface area (Å²) in [6.07, 6.45) is 3.44. The normalized spacial score (nSPS) is 20.7. The van der Waals surface area contributed by atoms with Crippen LogP contribution in [0.3, 0.4) is 0 Å². The monoisotopic (exact) mass is 483 g/mol. The predicted octanol–water partition coefficient (Wildman–Crippen LogP) is 2.26. The van der Waals surface area contributed by atoms with E-state index in [1.54, 1.807) is 6.92 Å². The third-order valence-electron chi connectivity index (χ3n) is 6.33. The molecule has 0 bridgehead atoms. The number of ether oxygens (including phenoxy) is 1. The third-order valence-corrected chi connectivity index (χ3v) is 9.22. The lowest BCUT2D eigenvalue weighted by atomic mass is 9.96. The molecule has 2 saturated heterocycles. The fraction of sp³-hybridized carbons (Fsp3) is 0.667. The second-order valence-corrected chi connectivity index (χ2v) is 11.8. The molecule has 3 amide bonds. The van der Waals surface area contributed by atoms with Crippen LogP contribution in [0, 0.1) is 5.92 Å². The number of hydrogen-bond acceptors (Lipinski definition) is 7. The number of esters is 1. The molecular formula is C21H29N3O6S2. The first kappa shape index (κ1) is 23.0. The molecule has 3 aliphatic heterocycles. The zero-order valence-electron chi connectivity index (χ0n) is 18.2. The number of nitrogens with zero attached hydrogens (tertiary/aromatic N) is 2. The zero-order chi connectivity index (χ0) is 22.9. The van der Waals surface area contributed by atoms with E-state index in [1.165, 1.54) is 0 Å². The van der Waals surface area contributed by atoms with Gasteiger partial charge in [-0.2, -0.15) is 0 Å². The molecule has 32 heavy (non-hydrogen) atoms. The van der Waals surface area contributed by atoms with Crippen LogP contribution in [-0.4, -0.2) is 74.7 Å². The minimum absolute atomic E-state index is 0.0139. The SMILES string of the molecule is CCOC(=O)c1c(NC(=O)C2CCN(C(=O)N3CCCC3)CC2)sc2c1CCS(=O)(=O)C2. The standard InChI is InChI=1S/C21H29N3O6S2/c1-2-30-20(26)17-15-7-12-32(28,29)13-16(15)31-19(17)22-18(25)14-5-10-24(11-6-14)21(27)23-8-3-4-9-23/h14H,2-13H2,1H3,(H,22,25). The van der Waals surface area contributed by atoms with Gasteiger partial charge in [-0.1, -0.05) is 0 Å². The van der Waals surface area contributed by atoms with E-state index in [9.17, 15) is 22.8 Å². The van der Waals surface area contributed by atoms with Crippen molar-refractivity contribution in [3.8, 4) is 0 Å². The maximum atomic E-state index is 13.0. The van der Waals surface area contributed by atoms with Crippen LogP contribution in [0.5, 0.6) is 0 Å². The summed E-state index contributed by atoms with van der Waals surface area (Å²) >= 11 is 1.15. The minimum Gasteiger partial charge on any atom is -0.462 e. The van der Waals surface area contributed by atoms with Crippen molar-refractivity contribution in [3.63, 3.8) is 0 Å². The number of carbonyl (C=O) groups is 3. The molecule has 1 N–H and O–H groups in total. The van der Waals surface area contributed by atoms with E-state index in [1.807, 2.05) is 9.80 Å². The highest BCUT2D eigenvalue weighted by molar-refractivity contribution is 7.90. The van der Waals surface area contributed by atoms with Gasteiger partial charge in [0, 0.05) is 37.0 Å². The molecule has 0 atom stereocenters. The average molecular weight is 484 g/mol.